The summed E-state index contributed by atoms with van der Waals surface area (Å²) in [4.78, 5) is 20.4. The zero-order valence-electron chi connectivity index (χ0n) is 16.7. The molecule has 148 valence electrons. The van der Waals surface area contributed by atoms with Gasteiger partial charge in [0, 0.05) is 31.6 Å². The SMILES string of the molecule is CCN(CC)c1ncnc2c1sc1nc(N3CCOCC3)c3c(c12)CCCC3. The van der Waals surface area contributed by atoms with E-state index in [4.69, 9.17) is 14.7 Å². The number of aryl methyl sites for hydroxylation is 1. The number of aromatic nitrogens is 3. The summed E-state index contributed by atoms with van der Waals surface area (Å²) in [5.74, 6) is 2.24. The predicted octanol–water partition coefficient (Wildman–Crippen LogP) is 3.80. The van der Waals surface area contributed by atoms with Crippen LogP contribution in [0.15, 0.2) is 6.33 Å². The van der Waals surface area contributed by atoms with Crippen LogP contribution in [0.5, 0.6) is 0 Å². The van der Waals surface area contributed by atoms with E-state index in [1.165, 1.54) is 39.9 Å². The molecule has 0 radical (unpaired) electrons. The van der Waals surface area contributed by atoms with E-state index in [1.54, 1.807) is 17.7 Å². The molecule has 4 heterocycles. The van der Waals surface area contributed by atoms with Crippen LogP contribution < -0.4 is 9.80 Å². The molecule has 1 aliphatic heterocycles. The second kappa shape index (κ2) is 7.44. The van der Waals surface area contributed by atoms with Crippen molar-refractivity contribution in [3.63, 3.8) is 0 Å². The molecule has 0 N–H and O–H groups in total. The van der Waals surface area contributed by atoms with Crippen LogP contribution in [-0.4, -0.2) is 54.3 Å². The van der Waals surface area contributed by atoms with Crippen molar-refractivity contribution in [1.29, 1.82) is 0 Å². The third-order valence-electron chi connectivity index (χ3n) is 6.05. The zero-order valence-corrected chi connectivity index (χ0v) is 17.5. The van der Waals surface area contributed by atoms with Gasteiger partial charge in [0.1, 0.15) is 22.8 Å². The first-order valence-electron chi connectivity index (χ1n) is 10.5. The Bertz CT molecular complexity index is 1010. The van der Waals surface area contributed by atoms with Gasteiger partial charge in [0.25, 0.3) is 0 Å². The van der Waals surface area contributed by atoms with Crippen LogP contribution in [0.25, 0.3) is 20.4 Å². The lowest BCUT2D eigenvalue weighted by molar-refractivity contribution is 0.122. The van der Waals surface area contributed by atoms with Crippen LogP contribution >= 0.6 is 11.3 Å². The summed E-state index contributed by atoms with van der Waals surface area (Å²) in [6, 6.07) is 0. The highest BCUT2D eigenvalue weighted by molar-refractivity contribution is 7.26. The number of anilines is 2. The van der Waals surface area contributed by atoms with E-state index in [0.29, 0.717) is 0 Å². The van der Waals surface area contributed by atoms with E-state index in [1.807, 2.05) is 0 Å². The van der Waals surface area contributed by atoms with E-state index < -0.39 is 0 Å². The van der Waals surface area contributed by atoms with Gasteiger partial charge in [-0.3, -0.25) is 0 Å². The number of thiophene rings is 1. The van der Waals surface area contributed by atoms with Gasteiger partial charge < -0.3 is 14.5 Å². The Morgan fingerprint density at radius 1 is 1.07 bits per heavy atom. The normalized spacial score (nSPS) is 17.3. The van der Waals surface area contributed by atoms with Gasteiger partial charge in [-0.2, -0.15) is 0 Å². The molecule has 0 saturated carbocycles. The van der Waals surface area contributed by atoms with E-state index in [9.17, 15) is 0 Å². The third kappa shape index (κ3) is 2.83. The van der Waals surface area contributed by atoms with Gasteiger partial charge in [-0.1, -0.05) is 0 Å². The van der Waals surface area contributed by atoms with Crippen LogP contribution in [0.3, 0.4) is 0 Å². The maximum absolute atomic E-state index is 5.58. The maximum Gasteiger partial charge on any atom is 0.150 e. The molecule has 0 unspecified atom stereocenters. The quantitative estimate of drug-likeness (QED) is 0.667. The molecule has 3 aromatic heterocycles. The van der Waals surface area contributed by atoms with E-state index in [2.05, 4.69) is 28.6 Å². The lowest BCUT2D eigenvalue weighted by Gasteiger charge is -2.31. The molecule has 7 heteroatoms. The Morgan fingerprint density at radius 2 is 1.82 bits per heavy atom. The van der Waals surface area contributed by atoms with Crippen molar-refractivity contribution in [3.8, 4) is 0 Å². The number of hydrogen-bond donors (Lipinski definition) is 0. The molecule has 1 saturated heterocycles. The number of ether oxygens (including phenoxy) is 1. The number of rotatable bonds is 4. The topological polar surface area (TPSA) is 54.4 Å². The molecule has 28 heavy (non-hydrogen) atoms. The Hall–Kier alpha value is -1.99. The fraction of sp³-hybridized carbons (Fsp3) is 0.571. The summed E-state index contributed by atoms with van der Waals surface area (Å²) >= 11 is 1.76. The molecular weight excluding hydrogens is 370 g/mol. The van der Waals surface area contributed by atoms with Gasteiger partial charge >= 0.3 is 0 Å². The average Bonchev–Trinajstić information content (AvgIpc) is 3.14. The standard InChI is InChI=1S/C21H27N5OS/c1-3-25(4-2)20-18-17(22-13-23-20)16-14-7-5-6-8-15(14)19(24-21(16)28-18)26-9-11-27-12-10-26/h13H,3-12H2,1-2H3. The number of morpholine rings is 1. The van der Waals surface area contributed by atoms with Crippen molar-refractivity contribution < 1.29 is 4.74 Å². The summed E-state index contributed by atoms with van der Waals surface area (Å²) in [6.45, 7) is 9.70. The second-order valence-electron chi connectivity index (χ2n) is 7.53. The van der Waals surface area contributed by atoms with Crippen LogP contribution in [0.1, 0.15) is 37.8 Å². The first-order valence-corrected chi connectivity index (χ1v) is 11.3. The van der Waals surface area contributed by atoms with Gasteiger partial charge in [0.05, 0.1) is 23.4 Å². The maximum atomic E-state index is 5.58. The molecule has 0 spiro atoms. The van der Waals surface area contributed by atoms with Crippen molar-refractivity contribution in [2.45, 2.75) is 39.5 Å². The minimum Gasteiger partial charge on any atom is -0.378 e. The third-order valence-corrected chi connectivity index (χ3v) is 7.12. The Kier molecular flexibility index (Phi) is 4.80. The van der Waals surface area contributed by atoms with E-state index >= 15 is 0 Å². The second-order valence-corrected chi connectivity index (χ2v) is 8.53. The highest BCUT2D eigenvalue weighted by Crippen LogP contribution is 2.43. The molecule has 1 fully saturated rings. The molecule has 0 amide bonds. The minimum absolute atomic E-state index is 0.790. The highest BCUT2D eigenvalue weighted by atomic mass is 32.1. The number of nitrogens with zero attached hydrogens (tertiary/aromatic N) is 5. The fourth-order valence-corrected chi connectivity index (χ4v) is 5.78. The Morgan fingerprint density at radius 3 is 2.57 bits per heavy atom. The van der Waals surface area contributed by atoms with E-state index in [0.717, 1.165) is 68.4 Å². The summed E-state index contributed by atoms with van der Waals surface area (Å²) in [7, 11) is 0. The first-order chi connectivity index (χ1) is 13.8. The van der Waals surface area contributed by atoms with Gasteiger partial charge in [-0.25, -0.2) is 15.0 Å². The van der Waals surface area contributed by atoms with E-state index in [-0.39, 0.29) is 0 Å². The predicted molar refractivity (Wildman–Crippen MR) is 116 cm³/mol. The van der Waals surface area contributed by atoms with Gasteiger partial charge in [0.2, 0.25) is 0 Å². The van der Waals surface area contributed by atoms with Crippen molar-refractivity contribution >= 4 is 43.4 Å². The zero-order chi connectivity index (χ0) is 19.1. The van der Waals surface area contributed by atoms with Gasteiger partial charge in [0.15, 0.2) is 0 Å². The van der Waals surface area contributed by atoms with Gasteiger partial charge in [-0.15, -0.1) is 11.3 Å². The molecule has 0 aromatic carbocycles. The van der Waals surface area contributed by atoms with Crippen molar-refractivity contribution in [2.75, 3.05) is 49.2 Å². The van der Waals surface area contributed by atoms with Gasteiger partial charge in [-0.05, 0) is 50.7 Å². The molecule has 5 rings (SSSR count). The van der Waals surface area contributed by atoms with Crippen molar-refractivity contribution in [3.05, 3.63) is 17.5 Å². The first kappa shape index (κ1) is 18.1. The summed E-state index contributed by atoms with van der Waals surface area (Å²) < 4.78 is 6.76. The molecule has 0 bridgehead atoms. The lowest BCUT2D eigenvalue weighted by Crippen LogP contribution is -2.37. The molecular formula is C21H27N5OS. The Balaban J connectivity index is 1.77. The molecule has 3 aromatic rings. The number of pyridine rings is 1. The van der Waals surface area contributed by atoms with Crippen LogP contribution in [0.4, 0.5) is 11.6 Å². The largest absolute Gasteiger partial charge is 0.378 e. The highest BCUT2D eigenvalue weighted by Gasteiger charge is 2.26. The molecule has 1 aliphatic carbocycles. The number of hydrogen-bond acceptors (Lipinski definition) is 7. The monoisotopic (exact) mass is 397 g/mol. The summed E-state index contributed by atoms with van der Waals surface area (Å²) in [6.07, 6.45) is 6.48. The Labute approximate surface area is 169 Å². The summed E-state index contributed by atoms with van der Waals surface area (Å²) in [5, 5.41) is 1.28. The van der Waals surface area contributed by atoms with Crippen molar-refractivity contribution in [1.82, 2.24) is 15.0 Å². The minimum atomic E-state index is 0.790. The average molecular weight is 398 g/mol. The van der Waals surface area contributed by atoms with Crippen LogP contribution in [-0.2, 0) is 17.6 Å². The fourth-order valence-electron chi connectivity index (χ4n) is 4.61. The molecule has 6 nitrogen and oxygen atoms in total. The molecule has 0 atom stereocenters. The summed E-state index contributed by atoms with van der Waals surface area (Å²) in [5.41, 5.74) is 4.02. The smallest absolute Gasteiger partial charge is 0.150 e. The van der Waals surface area contributed by atoms with Crippen molar-refractivity contribution in [2.24, 2.45) is 0 Å². The van der Waals surface area contributed by atoms with Crippen LogP contribution in [0, 0.1) is 0 Å². The van der Waals surface area contributed by atoms with Crippen LogP contribution in [0.2, 0.25) is 0 Å². The lowest BCUT2D eigenvalue weighted by atomic mass is 9.90. The molecule has 2 aliphatic rings. The number of fused-ring (bicyclic) bond motifs is 5.